The summed E-state index contributed by atoms with van der Waals surface area (Å²) in [5.74, 6) is 0. The largest absolute Gasteiger partial charge is 0.495 e. The summed E-state index contributed by atoms with van der Waals surface area (Å²) in [5.41, 5.74) is 12.6. The molecule has 0 N–H and O–H groups in total. The quantitative estimate of drug-likeness (QED) is 0.0992. The Morgan fingerprint density at radius 3 is 0.944 bits per heavy atom. The monoisotopic (exact) mass is 1390 g/mol. The molecule has 0 bridgehead atoms. The van der Waals surface area contributed by atoms with Crippen molar-refractivity contribution in [1.82, 2.24) is 0 Å². The predicted octanol–water partition coefficient (Wildman–Crippen LogP) is 21.3. The van der Waals surface area contributed by atoms with Gasteiger partial charge in [0.25, 0.3) is 0 Å². The molecular weight excluding hydrogens is 1320 g/mol. The van der Waals surface area contributed by atoms with E-state index in [1.165, 1.54) is 119 Å². The van der Waals surface area contributed by atoms with Crippen LogP contribution in [0.5, 0.6) is 0 Å². The number of para-hydroxylation sites is 4. The van der Waals surface area contributed by atoms with Crippen molar-refractivity contribution in [3.8, 4) is 0 Å². The Kier molecular flexibility index (Phi) is 13.7. The van der Waals surface area contributed by atoms with Crippen LogP contribution in [0, 0.1) is 0 Å². The van der Waals surface area contributed by atoms with Gasteiger partial charge in [0, 0.05) is 29.2 Å². The first-order valence-corrected chi connectivity index (χ1v) is 38.0. The van der Waals surface area contributed by atoms with Gasteiger partial charge in [0.2, 0.25) is 0 Å². The number of hydrogen-bond donors (Lipinski definition) is 0. The van der Waals surface area contributed by atoms with E-state index in [0.717, 1.165) is 61.2 Å². The molecule has 12 heteroatoms. The van der Waals surface area contributed by atoms with Crippen LogP contribution >= 0.6 is 0 Å². The smallest absolute Gasteiger partial charge is 0.399 e. The van der Waals surface area contributed by atoms with E-state index in [2.05, 4.69) is 377 Å². The Hall–Kier alpha value is -11.6. The minimum atomic E-state index is -0.673. The molecule has 22 rings (SSSR count). The molecule has 514 valence electrons. The molecule has 0 radical (unpaired) electrons. The third kappa shape index (κ3) is 9.56. The highest BCUT2D eigenvalue weighted by atomic mass is 16.7. The molecule has 0 saturated carbocycles. The zero-order valence-electron chi connectivity index (χ0n) is 61.4. The van der Waals surface area contributed by atoms with E-state index in [1.54, 1.807) is 0 Å². The van der Waals surface area contributed by atoms with E-state index >= 15 is 0 Å². The normalized spacial score (nSPS) is 17.6. The molecule has 18 aromatic rings. The van der Waals surface area contributed by atoms with E-state index in [1.807, 2.05) is 0 Å². The summed E-state index contributed by atoms with van der Waals surface area (Å²) in [6.45, 7) is 14.6. The topological polar surface area (TPSA) is 49.9 Å². The van der Waals surface area contributed by atoms with Crippen molar-refractivity contribution in [2.45, 2.75) is 77.3 Å². The van der Waals surface area contributed by atoms with Crippen LogP contribution in [0.25, 0.3) is 108 Å². The predicted molar refractivity (Wildman–Crippen MR) is 458 cm³/mol. The molecule has 2 fully saturated rings. The maximum atomic E-state index is 7.33. The van der Waals surface area contributed by atoms with Gasteiger partial charge in [0.1, 0.15) is 0 Å². The second-order valence-electron chi connectivity index (χ2n) is 32.3. The van der Waals surface area contributed by atoms with Gasteiger partial charge in [-0.25, -0.2) is 0 Å². The van der Waals surface area contributed by atoms with E-state index in [-0.39, 0.29) is 14.0 Å². The second-order valence-corrected chi connectivity index (χ2v) is 32.3. The Labute approximate surface area is 629 Å². The van der Waals surface area contributed by atoms with Gasteiger partial charge in [0.15, 0.2) is 0 Å². The van der Waals surface area contributed by atoms with Crippen LogP contribution in [-0.4, -0.2) is 50.6 Å². The Bertz CT molecular complexity index is 6610. The Morgan fingerprint density at radius 2 is 0.546 bits per heavy atom. The number of hydrogen-bond acceptors (Lipinski definition) is 8. The zero-order chi connectivity index (χ0) is 72.3. The second kappa shape index (κ2) is 23.2. The van der Waals surface area contributed by atoms with E-state index in [9.17, 15) is 0 Å². The zero-order valence-corrected chi connectivity index (χ0v) is 61.4. The Balaban J connectivity index is 0.622. The third-order valence-corrected chi connectivity index (χ3v) is 25.2. The van der Waals surface area contributed by atoms with Crippen LogP contribution in [0.4, 0.5) is 45.5 Å². The molecule has 0 aromatic heterocycles. The number of nitrogens with zero attached hydrogens (tertiary/aromatic N) is 4. The van der Waals surface area contributed by atoms with E-state index < -0.39 is 36.6 Å². The molecule has 18 aromatic carbocycles. The van der Waals surface area contributed by atoms with Crippen LogP contribution in [0.15, 0.2) is 309 Å². The van der Waals surface area contributed by atoms with E-state index in [4.69, 9.17) is 18.6 Å². The first-order chi connectivity index (χ1) is 52.6. The molecule has 4 aliphatic rings. The molecule has 8 nitrogen and oxygen atoms in total. The fourth-order valence-electron chi connectivity index (χ4n) is 18.7. The van der Waals surface area contributed by atoms with Gasteiger partial charge >= 0.3 is 28.2 Å². The van der Waals surface area contributed by atoms with E-state index in [0.29, 0.717) is 6.42 Å². The number of anilines is 8. The average Bonchev–Trinajstić information content (AvgIpc) is 1.31. The highest BCUT2D eigenvalue weighted by Crippen LogP contribution is 2.51. The van der Waals surface area contributed by atoms with Crippen LogP contribution in [0.1, 0.15) is 54.0 Å². The SMILES string of the molecule is CC1(C)OB(c2ccc3ccc4c(B5OC(C)(C)C(C)(Cc6ccc7cc(N8B(c9cc%10ccc%11cc(B%12N(c%13ccc%14ccccc%14c%13)c%13ccccc%13N%12c%12ccc%13ccccc%13c%12)cc%12ccc(c9)c%10c%11%12)N(c9ccc%10ccccc%10c9)c9ccccc98)ccc7c6)O5)ccc5ccc2c3c54)OC1(C)C. The van der Waals surface area contributed by atoms with Crippen LogP contribution in [0.2, 0.25) is 0 Å². The summed E-state index contributed by atoms with van der Waals surface area (Å²) in [4.78, 5) is 10.3. The molecule has 0 spiro atoms. The lowest BCUT2D eigenvalue weighted by Gasteiger charge is -2.36. The van der Waals surface area contributed by atoms with Crippen molar-refractivity contribution < 1.29 is 18.6 Å². The fourth-order valence-corrected chi connectivity index (χ4v) is 18.7. The van der Waals surface area contributed by atoms with Gasteiger partial charge in [0.05, 0.1) is 45.2 Å². The van der Waals surface area contributed by atoms with Crippen LogP contribution in [0.3, 0.4) is 0 Å². The third-order valence-electron chi connectivity index (χ3n) is 25.2. The first kappa shape index (κ1) is 63.6. The molecule has 4 heterocycles. The van der Waals surface area contributed by atoms with Crippen LogP contribution in [-0.2, 0) is 25.0 Å². The van der Waals surface area contributed by atoms with Gasteiger partial charge in [-0.15, -0.1) is 0 Å². The fraction of sp³-hybridized carbons (Fsp3) is 0.125. The number of fused-ring (bicyclic) bond motifs is 6. The molecule has 1 atom stereocenters. The van der Waals surface area contributed by atoms with Crippen molar-refractivity contribution >= 4 is 203 Å². The molecule has 0 amide bonds. The van der Waals surface area contributed by atoms with Crippen molar-refractivity contribution in [3.63, 3.8) is 0 Å². The molecule has 4 aliphatic heterocycles. The Morgan fingerprint density at radius 1 is 0.250 bits per heavy atom. The summed E-state index contributed by atoms with van der Waals surface area (Å²) >= 11 is 0. The van der Waals surface area contributed by atoms with Gasteiger partial charge in [-0.2, -0.15) is 0 Å². The summed E-state index contributed by atoms with van der Waals surface area (Å²) in [6, 6.07) is 116. The minimum Gasteiger partial charge on any atom is -0.399 e. The average molecular weight is 1390 g/mol. The molecular formula is C96H74B4N4O4. The van der Waals surface area contributed by atoms with Gasteiger partial charge in [-0.3, -0.25) is 0 Å². The summed E-state index contributed by atoms with van der Waals surface area (Å²) in [6.07, 6.45) is 0.654. The summed E-state index contributed by atoms with van der Waals surface area (Å²) in [5, 5.41) is 24.0. The lowest BCUT2D eigenvalue weighted by molar-refractivity contribution is -0.00875. The first-order valence-electron chi connectivity index (χ1n) is 38.0. The molecule has 108 heavy (non-hydrogen) atoms. The minimum absolute atomic E-state index is 0.206. The summed E-state index contributed by atoms with van der Waals surface area (Å²) in [7, 11) is -1.06. The van der Waals surface area contributed by atoms with Gasteiger partial charge in [-0.1, -0.05) is 237 Å². The van der Waals surface area contributed by atoms with Crippen molar-refractivity contribution in [2.75, 3.05) is 19.2 Å². The number of rotatable bonds is 10. The molecule has 1 unspecified atom stereocenters. The maximum Gasteiger partial charge on any atom is 0.495 e. The standard InChI is InChI=1S/C96H74B4N4O4/c1-93(2)94(3,4)106-99(105-93)83-48-40-64-39-47-82-84(49-41-65-38-46-81(83)91(64)92(65)82)100-107-95(5,6)96(7,108-100)59-60-28-29-70-58-80(45-37-69(70)50-60)104-88-27-17-16-26-87(88)103(79-44-36-63-20-10-13-23-68(63)57-79)98(104)76-53-73-32-30-71-51-75(52-72-31-33-74(54-76)90(73)89(71)72)97-101(77-42-34-61-18-8-11-21-66(61)55-77)85-24-14-15-25-86(85)102(97)78-43-35-62-19-9-12-22-67(62)56-78/h8-58H,59H2,1-7H3. The van der Waals surface area contributed by atoms with Crippen molar-refractivity contribution in [2.24, 2.45) is 0 Å². The summed E-state index contributed by atoms with van der Waals surface area (Å²) < 4.78 is 27.8. The highest BCUT2D eigenvalue weighted by Gasteiger charge is 2.56. The highest BCUT2D eigenvalue weighted by molar-refractivity contribution is 6.86. The lowest BCUT2D eigenvalue weighted by atomic mass is 9.62. The van der Waals surface area contributed by atoms with Gasteiger partial charge in [-0.05, 0) is 256 Å². The number of benzene rings is 18. The van der Waals surface area contributed by atoms with Crippen molar-refractivity contribution in [1.29, 1.82) is 0 Å². The maximum absolute atomic E-state index is 7.33. The van der Waals surface area contributed by atoms with Crippen LogP contribution < -0.4 is 41.1 Å². The lowest BCUT2D eigenvalue weighted by Crippen LogP contribution is -2.53. The van der Waals surface area contributed by atoms with Crippen molar-refractivity contribution in [3.05, 3.63) is 315 Å². The van der Waals surface area contributed by atoms with Gasteiger partial charge < -0.3 is 37.9 Å². The molecule has 0 aliphatic carbocycles. The molecule has 2 saturated heterocycles.